The number of urea groups is 1. The molecule has 0 spiro atoms. The number of carbonyl (C=O) groups is 2. The maximum atomic E-state index is 11.6. The van der Waals surface area contributed by atoms with E-state index < -0.39 is 0 Å². The number of aryl methyl sites for hydroxylation is 1. The second-order valence-electron chi connectivity index (χ2n) is 5.80. The highest BCUT2D eigenvalue weighted by Crippen LogP contribution is 2.30. The number of nitrogens with zero attached hydrogens (tertiary/aromatic N) is 1. The van der Waals surface area contributed by atoms with Gasteiger partial charge in [0.2, 0.25) is 5.91 Å². The zero-order valence-electron chi connectivity index (χ0n) is 12.4. The lowest BCUT2D eigenvalue weighted by Gasteiger charge is -2.21. The summed E-state index contributed by atoms with van der Waals surface area (Å²) >= 11 is 6.14. The molecule has 1 atom stereocenters. The van der Waals surface area contributed by atoms with E-state index in [1.807, 2.05) is 12.1 Å². The van der Waals surface area contributed by atoms with E-state index >= 15 is 0 Å². The molecule has 1 aliphatic heterocycles. The molecule has 2 aliphatic rings. The number of rotatable bonds is 4. The SMILES string of the molecule is O=C1CNC(=O)N1CCN[C@@H]1CCCCc2ccc(Cl)cc21. The van der Waals surface area contributed by atoms with Crippen LogP contribution in [-0.2, 0) is 11.2 Å². The molecule has 1 aromatic rings. The first kappa shape index (κ1) is 15.3. The molecule has 1 saturated heterocycles. The number of benzene rings is 1. The number of hydrogen-bond acceptors (Lipinski definition) is 3. The van der Waals surface area contributed by atoms with Crippen molar-refractivity contribution in [2.75, 3.05) is 19.6 Å². The predicted molar refractivity (Wildman–Crippen MR) is 84.9 cm³/mol. The van der Waals surface area contributed by atoms with Crippen LogP contribution in [0.15, 0.2) is 18.2 Å². The Morgan fingerprint density at radius 3 is 2.95 bits per heavy atom. The minimum Gasteiger partial charge on any atom is -0.329 e. The van der Waals surface area contributed by atoms with Crippen molar-refractivity contribution in [3.63, 3.8) is 0 Å². The lowest BCUT2D eigenvalue weighted by Crippen LogP contribution is -2.38. The first-order valence-corrected chi connectivity index (χ1v) is 8.13. The average Bonchev–Trinajstić information content (AvgIpc) is 2.72. The Balaban J connectivity index is 1.64. The first-order valence-electron chi connectivity index (χ1n) is 7.75. The first-order chi connectivity index (χ1) is 10.6. The van der Waals surface area contributed by atoms with Crippen molar-refractivity contribution in [1.29, 1.82) is 0 Å². The normalized spacial score (nSPS) is 21.5. The van der Waals surface area contributed by atoms with Crippen LogP contribution in [0.25, 0.3) is 0 Å². The third kappa shape index (κ3) is 3.25. The van der Waals surface area contributed by atoms with Crippen LogP contribution in [0.5, 0.6) is 0 Å². The van der Waals surface area contributed by atoms with Gasteiger partial charge in [0.15, 0.2) is 0 Å². The van der Waals surface area contributed by atoms with Crippen molar-refractivity contribution in [2.24, 2.45) is 0 Å². The van der Waals surface area contributed by atoms with Crippen molar-refractivity contribution < 1.29 is 9.59 Å². The standard InChI is InChI=1S/C16H20ClN3O2/c17-12-6-5-11-3-1-2-4-14(13(11)9-12)18-7-8-20-15(21)10-19-16(20)22/h5-6,9,14,18H,1-4,7-8,10H2,(H,19,22)/t14-/m1/s1. The van der Waals surface area contributed by atoms with Crippen molar-refractivity contribution in [2.45, 2.75) is 31.7 Å². The number of nitrogens with one attached hydrogen (secondary N) is 2. The zero-order chi connectivity index (χ0) is 15.5. The van der Waals surface area contributed by atoms with Gasteiger partial charge in [-0.25, -0.2) is 4.79 Å². The van der Waals surface area contributed by atoms with Crippen molar-refractivity contribution in [1.82, 2.24) is 15.5 Å². The Morgan fingerprint density at radius 1 is 1.32 bits per heavy atom. The van der Waals surface area contributed by atoms with E-state index in [1.165, 1.54) is 22.4 Å². The van der Waals surface area contributed by atoms with Gasteiger partial charge in [0.1, 0.15) is 0 Å². The van der Waals surface area contributed by atoms with Crippen LogP contribution in [0.1, 0.15) is 36.4 Å². The highest BCUT2D eigenvalue weighted by Gasteiger charge is 2.28. The van der Waals surface area contributed by atoms with Gasteiger partial charge in [-0.15, -0.1) is 0 Å². The van der Waals surface area contributed by atoms with Crippen LogP contribution in [-0.4, -0.2) is 36.5 Å². The summed E-state index contributed by atoms with van der Waals surface area (Å²) in [5.74, 6) is -0.156. The third-order valence-corrected chi connectivity index (χ3v) is 4.57. The van der Waals surface area contributed by atoms with Gasteiger partial charge >= 0.3 is 6.03 Å². The Morgan fingerprint density at radius 2 is 2.18 bits per heavy atom. The Kier molecular flexibility index (Phi) is 4.64. The highest BCUT2D eigenvalue weighted by molar-refractivity contribution is 6.30. The summed E-state index contributed by atoms with van der Waals surface area (Å²) in [6.07, 6.45) is 4.47. The van der Waals surface area contributed by atoms with Gasteiger partial charge in [-0.2, -0.15) is 0 Å². The third-order valence-electron chi connectivity index (χ3n) is 4.34. The molecule has 1 aromatic carbocycles. The summed E-state index contributed by atoms with van der Waals surface area (Å²) in [5.41, 5.74) is 2.59. The van der Waals surface area contributed by atoms with Crippen LogP contribution in [0.3, 0.4) is 0 Å². The maximum absolute atomic E-state index is 11.6. The number of amides is 3. The average molecular weight is 322 g/mol. The number of hydrogen-bond donors (Lipinski definition) is 2. The Hall–Kier alpha value is -1.59. The molecule has 0 saturated carbocycles. The van der Waals surface area contributed by atoms with Crippen molar-refractivity contribution >= 4 is 23.5 Å². The fourth-order valence-corrected chi connectivity index (χ4v) is 3.36. The largest absolute Gasteiger partial charge is 0.329 e. The fraction of sp³-hybridized carbons (Fsp3) is 0.500. The lowest BCUT2D eigenvalue weighted by molar-refractivity contribution is -0.124. The number of halogens is 1. The molecule has 3 rings (SSSR count). The second-order valence-corrected chi connectivity index (χ2v) is 6.24. The van der Waals surface area contributed by atoms with Crippen molar-refractivity contribution in [3.8, 4) is 0 Å². The van der Waals surface area contributed by atoms with Crippen LogP contribution in [0.2, 0.25) is 5.02 Å². The van der Waals surface area contributed by atoms with E-state index in [-0.39, 0.29) is 24.5 Å². The molecule has 0 aromatic heterocycles. The minimum atomic E-state index is -0.295. The van der Waals surface area contributed by atoms with Gasteiger partial charge < -0.3 is 10.6 Å². The number of fused-ring (bicyclic) bond motifs is 1. The highest BCUT2D eigenvalue weighted by atomic mass is 35.5. The molecular formula is C16H20ClN3O2. The summed E-state index contributed by atoms with van der Waals surface area (Å²) in [4.78, 5) is 24.3. The smallest absolute Gasteiger partial charge is 0.324 e. The molecule has 6 heteroatoms. The maximum Gasteiger partial charge on any atom is 0.324 e. The topological polar surface area (TPSA) is 61.4 Å². The molecular weight excluding hydrogens is 302 g/mol. The van der Waals surface area contributed by atoms with Crippen molar-refractivity contribution in [3.05, 3.63) is 34.3 Å². The molecule has 1 fully saturated rings. The Labute approximate surface area is 135 Å². The fourth-order valence-electron chi connectivity index (χ4n) is 3.18. The molecule has 22 heavy (non-hydrogen) atoms. The summed E-state index contributed by atoms with van der Waals surface area (Å²) < 4.78 is 0. The Bertz CT molecular complexity index is 575. The lowest BCUT2D eigenvalue weighted by atomic mass is 9.99. The number of carbonyl (C=O) groups excluding carboxylic acids is 2. The van der Waals surface area contributed by atoms with Gasteiger partial charge in [-0.05, 0) is 42.5 Å². The minimum absolute atomic E-state index is 0.112. The molecule has 5 nitrogen and oxygen atoms in total. The van der Waals surface area contributed by atoms with E-state index in [0.29, 0.717) is 13.1 Å². The number of imide groups is 1. The van der Waals surface area contributed by atoms with Crippen LogP contribution >= 0.6 is 11.6 Å². The van der Waals surface area contributed by atoms with Crippen LogP contribution < -0.4 is 10.6 Å². The summed E-state index contributed by atoms with van der Waals surface area (Å²) in [6.45, 7) is 1.10. The van der Waals surface area contributed by atoms with Gasteiger partial charge in [0, 0.05) is 24.2 Å². The quantitative estimate of drug-likeness (QED) is 0.660. The predicted octanol–water partition coefficient (Wildman–Crippen LogP) is 2.25. The molecule has 0 radical (unpaired) electrons. The van der Waals surface area contributed by atoms with Gasteiger partial charge in [0.05, 0.1) is 6.54 Å². The summed E-state index contributed by atoms with van der Waals surface area (Å²) in [6, 6.07) is 6.02. The van der Waals surface area contributed by atoms with E-state index in [2.05, 4.69) is 16.7 Å². The van der Waals surface area contributed by atoms with Gasteiger partial charge in [-0.3, -0.25) is 9.69 Å². The molecule has 118 valence electrons. The summed E-state index contributed by atoms with van der Waals surface area (Å²) in [7, 11) is 0. The van der Waals surface area contributed by atoms with E-state index in [4.69, 9.17) is 11.6 Å². The monoisotopic (exact) mass is 321 g/mol. The molecule has 0 unspecified atom stereocenters. The molecule has 3 amide bonds. The molecule has 1 heterocycles. The van der Waals surface area contributed by atoms with Gasteiger partial charge in [-0.1, -0.05) is 24.1 Å². The summed E-state index contributed by atoms with van der Waals surface area (Å²) in [5, 5.41) is 6.77. The second kappa shape index (κ2) is 6.67. The van der Waals surface area contributed by atoms with Gasteiger partial charge in [0.25, 0.3) is 0 Å². The zero-order valence-corrected chi connectivity index (χ0v) is 13.2. The molecule has 2 N–H and O–H groups in total. The molecule has 1 aliphatic carbocycles. The van der Waals surface area contributed by atoms with Crippen LogP contribution in [0, 0.1) is 0 Å². The van der Waals surface area contributed by atoms with Crippen LogP contribution in [0.4, 0.5) is 4.79 Å². The van der Waals surface area contributed by atoms with E-state index in [1.54, 1.807) is 0 Å². The molecule has 0 bridgehead atoms. The van der Waals surface area contributed by atoms with E-state index in [0.717, 1.165) is 24.3 Å². The van der Waals surface area contributed by atoms with E-state index in [9.17, 15) is 9.59 Å².